The normalized spacial score (nSPS) is 15.2. The zero-order chi connectivity index (χ0) is 23.7. The number of amides is 1. The molecule has 0 radical (unpaired) electrons. The number of ether oxygens (including phenoxy) is 2. The van der Waals surface area contributed by atoms with Crippen molar-refractivity contribution >= 4 is 28.1 Å². The second-order valence-corrected chi connectivity index (χ2v) is 9.34. The number of aromatic nitrogens is 1. The summed E-state index contributed by atoms with van der Waals surface area (Å²) in [5, 5.41) is 3.14. The summed E-state index contributed by atoms with van der Waals surface area (Å²) in [5.41, 5.74) is 4.29. The smallest absolute Gasteiger partial charge is 0.256 e. The van der Waals surface area contributed by atoms with Crippen molar-refractivity contribution in [3.63, 3.8) is 0 Å². The fourth-order valence-electron chi connectivity index (χ4n) is 4.92. The van der Waals surface area contributed by atoms with E-state index in [1.54, 1.807) is 18.4 Å². The van der Waals surface area contributed by atoms with E-state index in [1.165, 1.54) is 16.7 Å². The lowest BCUT2D eigenvalue weighted by Crippen LogP contribution is -2.40. The molecule has 4 aromatic rings. The highest BCUT2D eigenvalue weighted by Crippen LogP contribution is 2.39. The third-order valence-electron chi connectivity index (χ3n) is 6.57. The minimum atomic E-state index is -0.0371. The molecule has 2 aromatic carbocycles. The molecule has 1 aliphatic heterocycles. The van der Waals surface area contributed by atoms with Gasteiger partial charge in [-0.25, -0.2) is 0 Å². The Morgan fingerprint density at radius 1 is 1.21 bits per heavy atom. The summed E-state index contributed by atoms with van der Waals surface area (Å²) >= 11 is 1.73. The predicted octanol–water partition coefficient (Wildman–Crippen LogP) is 6.24. The molecule has 1 unspecified atom stereocenters. The highest BCUT2D eigenvalue weighted by Gasteiger charge is 2.33. The van der Waals surface area contributed by atoms with Crippen LogP contribution in [-0.2, 0) is 19.4 Å². The second kappa shape index (κ2) is 9.39. The van der Waals surface area contributed by atoms with Crippen molar-refractivity contribution in [2.45, 2.75) is 32.4 Å². The molecule has 0 N–H and O–H groups in total. The molecule has 0 spiro atoms. The maximum atomic E-state index is 14.0. The molecule has 0 aliphatic carbocycles. The minimum absolute atomic E-state index is 0.0371. The topological polar surface area (TPSA) is 43.7 Å². The molecule has 34 heavy (non-hydrogen) atoms. The number of thiophene rings is 1. The van der Waals surface area contributed by atoms with Crippen LogP contribution in [0.1, 0.15) is 39.3 Å². The van der Waals surface area contributed by atoms with Crippen LogP contribution >= 0.6 is 11.3 Å². The van der Waals surface area contributed by atoms with Crippen LogP contribution < -0.4 is 9.47 Å². The first kappa shape index (κ1) is 22.3. The first-order valence-electron chi connectivity index (χ1n) is 11.5. The zero-order valence-electron chi connectivity index (χ0n) is 19.5. The monoisotopic (exact) mass is 472 g/mol. The lowest BCUT2D eigenvalue weighted by molar-refractivity contribution is 0.0666. The largest absolute Gasteiger partial charge is 0.493 e. The van der Waals surface area contributed by atoms with E-state index >= 15 is 0 Å². The van der Waals surface area contributed by atoms with Gasteiger partial charge in [-0.15, -0.1) is 11.3 Å². The lowest BCUT2D eigenvalue weighted by atomic mass is 9.94. The molecule has 2 aromatic heterocycles. The third-order valence-corrected chi connectivity index (χ3v) is 7.63. The molecule has 0 bridgehead atoms. The third kappa shape index (κ3) is 3.88. The number of nitrogens with zero attached hydrogens (tertiary/aromatic N) is 2. The van der Waals surface area contributed by atoms with Gasteiger partial charge in [0, 0.05) is 35.1 Å². The van der Waals surface area contributed by atoms with E-state index in [-0.39, 0.29) is 11.9 Å². The minimum Gasteiger partial charge on any atom is -0.493 e. The Hall–Kier alpha value is -3.51. The Balaban J connectivity index is 1.53. The zero-order valence-corrected chi connectivity index (χ0v) is 20.3. The molecular formula is C28H28N2O3S. The fourth-order valence-corrected chi connectivity index (χ4v) is 5.99. The van der Waals surface area contributed by atoms with Crippen LogP contribution in [-0.4, -0.2) is 29.0 Å². The first-order chi connectivity index (χ1) is 16.6. The van der Waals surface area contributed by atoms with E-state index in [2.05, 4.69) is 40.5 Å². The summed E-state index contributed by atoms with van der Waals surface area (Å²) in [7, 11) is 1.62. The predicted molar refractivity (Wildman–Crippen MR) is 137 cm³/mol. The molecule has 0 saturated heterocycles. The highest BCUT2D eigenvalue weighted by molar-refractivity contribution is 7.10. The van der Waals surface area contributed by atoms with Gasteiger partial charge in [-0.1, -0.05) is 30.8 Å². The van der Waals surface area contributed by atoms with Gasteiger partial charge in [0.2, 0.25) is 0 Å². The standard InChI is InChI=1S/C28H28N2O3S/c1-4-29-18-22(21-8-6-7-9-23(21)29)28(31)30-14-12-20-13-15-34-27(20)24(30)16-19-10-11-25(32-3)26(17-19)33-5-2/h5-11,13,15,17-18,24H,2,4,12,14,16H2,1,3H3. The van der Waals surface area contributed by atoms with Crippen molar-refractivity contribution in [2.24, 2.45) is 0 Å². The summed E-state index contributed by atoms with van der Waals surface area (Å²) < 4.78 is 13.2. The molecule has 174 valence electrons. The maximum Gasteiger partial charge on any atom is 0.256 e. The van der Waals surface area contributed by atoms with E-state index in [0.717, 1.165) is 35.0 Å². The van der Waals surface area contributed by atoms with Gasteiger partial charge < -0.3 is 18.9 Å². The van der Waals surface area contributed by atoms with Gasteiger partial charge >= 0.3 is 0 Å². The summed E-state index contributed by atoms with van der Waals surface area (Å²) in [6.45, 7) is 7.30. The fraction of sp³-hybridized carbons (Fsp3) is 0.250. The highest BCUT2D eigenvalue weighted by atomic mass is 32.1. The lowest BCUT2D eigenvalue weighted by Gasteiger charge is -2.36. The van der Waals surface area contributed by atoms with Crippen LogP contribution in [0.15, 0.2) is 72.9 Å². The molecule has 0 fully saturated rings. The van der Waals surface area contributed by atoms with E-state index < -0.39 is 0 Å². The molecule has 6 heteroatoms. The summed E-state index contributed by atoms with van der Waals surface area (Å²) in [6, 6.07) is 16.2. The molecule has 5 rings (SSSR count). The number of fused-ring (bicyclic) bond motifs is 2. The Bertz CT molecular complexity index is 1350. The van der Waals surface area contributed by atoms with Gasteiger partial charge in [0.25, 0.3) is 5.91 Å². The summed E-state index contributed by atoms with van der Waals surface area (Å²) in [4.78, 5) is 17.3. The van der Waals surface area contributed by atoms with Gasteiger partial charge in [0.1, 0.15) is 0 Å². The second-order valence-electron chi connectivity index (χ2n) is 8.39. The average molecular weight is 473 g/mol. The number of benzene rings is 2. The van der Waals surface area contributed by atoms with Crippen molar-refractivity contribution in [3.8, 4) is 11.5 Å². The Kier molecular flexibility index (Phi) is 6.16. The van der Waals surface area contributed by atoms with Crippen LogP contribution in [0.2, 0.25) is 0 Å². The Morgan fingerprint density at radius 2 is 2.06 bits per heavy atom. The Morgan fingerprint density at radius 3 is 2.85 bits per heavy atom. The van der Waals surface area contributed by atoms with Crippen molar-refractivity contribution in [1.82, 2.24) is 9.47 Å². The summed E-state index contributed by atoms with van der Waals surface area (Å²) in [5.74, 6) is 1.37. The van der Waals surface area contributed by atoms with E-state index in [1.807, 2.05) is 42.6 Å². The first-order valence-corrected chi connectivity index (χ1v) is 12.4. The number of methoxy groups -OCH3 is 1. The van der Waals surface area contributed by atoms with E-state index in [4.69, 9.17) is 9.47 Å². The van der Waals surface area contributed by atoms with E-state index in [0.29, 0.717) is 24.5 Å². The number of carbonyl (C=O) groups excluding carboxylic acids is 1. The van der Waals surface area contributed by atoms with Crippen molar-refractivity contribution in [1.29, 1.82) is 0 Å². The van der Waals surface area contributed by atoms with Crippen LogP contribution in [0.25, 0.3) is 10.9 Å². The van der Waals surface area contributed by atoms with Gasteiger partial charge in [-0.05, 0) is 60.5 Å². The number of para-hydroxylation sites is 1. The Labute approximate surface area is 203 Å². The van der Waals surface area contributed by atoms with Crippen LogP contribution in [0.3, 0.4) is 0 Å². The molecule has 3 heterocycles. The number of hydrogen-bond donors (Lipinski definition) is 0. The van der Waals surface area contributed by atoms with Crippen LogP contribution in [0.5, 0.6) is 11.5 Å². The summed E-state index contributed by atoms with van der Waals surface area (Å²) in [6.07, 6.45) is 4.99. The molecule has 1 amide bonds. The van der Waals surface area contributed by atoms with Crippen molar-refractivity contribution in [2.75, 3.05) is 13.7 Å². The van der Waals surface area contributed by atoms with Crippen LogP contribution in [0, 0.1) is 0 Å². The molecule has 5 nitrogen and oxygen atoms in total. The van der Waals surface area contributed by atoms with E-state index in [9.17, 15) is 4.79 Å². The van der Waals surface area contributed by atoms with Gasteiger partial charge in [-0.3, -0.25) is 4.79 Å². The van der Waals surface area contributed by atoms with Gasteiger partial charge in [0.15, 0.2) is 11.5 Å². The molecule has 0 saturated carbocycles. The molecule has 1 atom stereocenters. The number of rotatable bonds is 7. The average Bonchev–Trinajstić information content (AvgIpc) is 3.49. The molecule has 1 aliphatic rings. The number of hydrogen-bond acceptors (Lipinski definition) is 4. The van der Waals surface area contributed by atoms with Crippen molar-refractivity contribution in [3.05, 3.63) is 94.5 Å². The molecular weight excluding hydrogens is 444 g/mol. The van der Waals surface area contributed by atoms with Crippen molar-refractivity contribution < 1.29 is 14.3 Å². The SMILES string of the molecule is C=COc1cc(CC2c3sccc3CCN2C(=O)c2cn(CC)c3ccccc23)ccc1OC. The van der Waals surface area contributed by atoms with Gasteiger partial charge in [-0.2, -0.15) is 0 Å². The number of aryl methyl sites for hydroxylation is 1. The quantitative estimate of drug-likeness (QED) is 0.299. The number of carbonyl (C=O) groups is 1. The van der Waals surface area contributed by atoms with Gasteiger partial charge in [0.05, 0.1) is 25.0 Å². The maximum absolute atomic E-state index is 14.0. The van der Waals surface area contributed by atoms with Crippen LogP contribution in [0.4, 0.5) is 0 Å².